The highest BCUT2D eigenvalue weighted by atomic mass is 19.4. The van der Waals surface area contributed by atoms with E-state index in [1.165, 1.54) is 11.8 Å². The van der Waals surface area contributed by atoms with Gasteiger partial charge in [-0.2, -0.15) is 13.2 Å². The summed E-state index contributed by atoms with van der Waals surface area (Å²) in [7, 11) is 0. The average Bonchev–Trinajstić information content (AvgIpc) is 2.83. The minimum Gasteiger partial charge on any atom is -0.475 e. The van der Waals surface area contributed by atoms with E-state index >= 15 is 0 Å². The predicted octanol–water partition coefficient (Wildman–Crippen LogP) is -0.135. The number of rotatable bonds is 3. The number of β-lactam (4-membered cyclic amide) rings is 1. The third-order valence-corrected chi connectivity index (χ3v) is 4.27. The van der Waals surface area contributed by atoms with Crippen LogP contribution in [0.5, 0.6) is 0 Å². The second kappa shape index (κ2) is 7.42. The number of alkyl halides is 3. The lowest BCUT2D eigenvalue weighted by Gasteiger charge is -2.48. The number of hydrogen-bond donors (Lipinski definition) is 4. The number of piperidine rings is 1. The molecule has 10 nitrogen and oxygen atoms in total. The van der Waals surface area contributed by atoms with Gasteiger partial charge in [0.05, 0.1) is 6.04 Å². The third-order valence-electron chi connectivity index (χ3n) is 4.27. The molecule has 0 saturated carbocycles. The van der Waals surface area contributed by atoms with Crippen LogP contribution in [0.1, 0.15) is 13.3 Å². The summed E-state index contributed by atoms with van der Waals surface area (Å²) in [5.41, 5.74) is 0.685. The summed E-state index contributed by atoms with van der Waals surface area (Å²) in [5.74, 6) is -3.02. The van der Waals surface area contributed by atoms with Crippen LogP contribution in [0.15, 0.2) is 11.5 Å². The fourth-order valence-corrected chi connectivity index (χ4v) is 3.25. The van der Waals surface area contributed by atoms with Gasteiger partial charge in [-0.15, -0.1) is 0 Å². The van der Waals surface area contributed by atoms with Gasteiger partial charge >= 0.3 is 18.3 Å². The van der Waals surface area contributed by atoms with E-state index < -0.39 is 18.3 Å². The number of nitrogens with zero attached hydrogens (tertiary/aromatic N) is 1. The van der Waals surface area contributed by atoms with E-state index in [-0.39, 0.29) is 42.2 Å². The van der Waals surface area contributed by atoms with E-state index in [0.29, 0.717) is 12.1 Å². The summed E-state index contributed by atoms with van der Waals surface area (Å²) >= 11 is 0. The van der Waals surface area contributed by atoms with Crippen LogP contribution in [0.3, 0.4) is 0 Å². The van der Waals surface area contributed by atoms with Gasteiger partial charge in [-0.3, -0.25) is 14.5 Å². The largest absolute Gasteiger partial charge is 0.512 e. The average molecular weight is 395 g/mol. The fourth-order valence-electron chi connectivity index (χ4n) is 3.25. The zero-order valence-corrected chi connectivity index (χ0v) is 13.9. The highest BCUT2D eigenvalue weighted by molar-refractivity contribution is 5.93. The summed E-state index contributed by atoms with van der Waals surface area (Å²) in [6, 6.07) is -0.356. The van der Waals surface area contributed by atoms with E-state index in [2.05, 4.69) is 10.6 Å². The normalized spacial score (nSPS) is 25.7. The minimum absolute atomic E-state index is 0.0418. The molecule has 0 aromatic heterocycles. The molecular formula is C14H16F3N3O7. The molecule has 0 radical (unpaired) electrons. The Balaban J connectivity index is 0.000000321. The first kappa shape index (κ1) is 20.5. The molecule has 0 spiro atoms. The molecule has 3 rings (SSSR count). The van der Waals surface area contributed by atoms with Gasteiger partial charge in [0.1, 0.15) is 6.04 Å². The topological polar surface area (TPSA) is 145 Å². The van der Waals surface area contributed by atoms with Crippen molar-refractivity contribution in [3.63, 3.8) is 0 Å². The van der Waals surface area contributed by atoms with E-state index in [1.807, 2.05) is 0 Å². The van der Waals surface area contributed by atoms with Gasteiger partial charge in [-0.1, -0.05) is 0 Å². The molecule has 13 heteroatoms. The SMILES string of the molecule is CC(=O)NCC1=C(OC(=O)O)N2C(=O)[C@H]3NCCC1[C@H]32.O=C(O)C(F)(F)F. The lowest BCUT2D eigenvalue weighted by Crippen LogP contribution is -2.71. The summed E-state index contributed by atoms with van der Waals surface area (Å²) in [6.07, 6.45) is -5.75. The molecule has 1 unspecified atom stereocenters. The van der Waals surface area contributed by atoms with E-state index in [4.69, 9.17) is 19.7 Å². The van der Waals surface area contributed by atoms with Crippen LogP contribution in [0.2, 0.25) is 0 Å². The zero-order valence-electron chi connectivity index (χ0n) is 13.9. The third kappa shape index (κ3) is 4.13. The number of carboxylic acids is 1. The van der Waals surface area contributed by atoms with Gasteiger partial charge in [0.15, 0.2) is 0 Å². The van der Waals surface area contributed by atoms with Crippen molar-refractivity contribution in [2.24, 2.45) is 5.92 Å². The van der Waals surface area contributed by atoms with Crippen molar-refractivity contribution < 1.29 is 47.3 Å². The Morgan fingerprint density at radius 3 is 2.41 bits per heavy atom. The number of nitrogens with one attached hydrogen (secondary N) is 2. The van der Waals surface area contributed by atoms with Gasteiger partial charge in [0.2, 0.25) is 17.7 Å². The standard InChI is InChI=1S/C12H15N3O5.C2HF3O2/c1-5(16)14-4-7-6-2-3-13-8-9(6)15(10(8)17)11(7)20-12(18)19;3-2(4,5)1(6)7/h6,8-9,13H,2-4H2,1H3,(H,14,16)(H,18,19);(H,6,7)/t6?,8-,9+;/m0./s1. The Kier molecular flexibility index (Phi) is 5.63. The molecule has 3 atom stereocenters. The highest BCUT2D eigenvalue weighted by Gasteiger charge is 2.60. The molecule has 2 fully saturated rings. The van der Waals surface area contributed by atoms with Gasteiger partial charge in [-0.25, -0.2) is 9.59 Å². The van der Waals surface area contributed by atoms with E-state index in [9.17, 15) is 27.6 Å². The maximum absolute atomic E-state index is 12.0. The molecule has 0 bridgehead atoms. The molecule has 27 heavy (non-hydrogen) atoms. The Labute approximate surface area is 149 Å². The van der Waals surface area contributed by atoms with Crippen molar-refractivity contribution in [1.29, 1.82) is 0 Å². The first-order chi connectivity index (χ1) is 12.4. The number of ether oxygens (including phenoxy) is 1. The van der Waals surface area contributed by atoms with Gasteiger partial charge in [-0.05, 0) is 13.0 Å². The van der Waals surface area contributed by atoms with E-state index in [1.54, 1.807) is 0 Å². The van der Waals surface area contributed by atoms with Gasteiger partial charge in [0, 0.05) is 25.0 Å². The summed E-state index contributed by atoms with van der Waals surface area (Å²) < 4.78 is 36.5. The molecule has 2 saturated heterocycles. The number of carboxylic acid groups (broad SMARTS) is 2. The van der Waals surface area contributed by atoms with Gasteiger partial charge < -0.3 is 25.6 Å². The number of hydrogen-bond acceptors (Lipinski definition) is 6. The van der Waals surface area contributed by atoms with Crippen LogP contribution < -0.4 is 10.6 Å². The van der Waals surface area contributed by atoms with Crippen molar-refractivity contribution >= 4 is 23.9 Å². The molecule has 150 valence electrons. The van der Waals surface area contributed by atoms with Crippen molar-refractivity contribution in [3.05, 3.63) is 11.5 Å². The number of amides is 2. The Bertz CT molecular complexity index is 707. The Hall–Kier alpha value is -2.83. The number of carbonyl (C=O) groups excluding carboxylic acids is 2. The fraction of sp³-hybridized carbons (Fsp3) is 0.571. The molecular weight excluding hydrogens is 379 g/mol. The molecule has 0 aliphatic carbocycles. The molecule has 2 amide bonds. The van der Waals surface area contributed by atoms with Crippen molar-refractivity contribution in [2.45, 2.75) is 31.6 Å². The summed E-state index contributed by atoms with van der Waals surface area (Å²) in [5, 5.41) is 21.7. The van der Waals surface area contributed by atoms with Crippen molar-refractivity contribution in [1.82, 2.24) is 15.5 Å². The molecule has 4 N–H and O–H groups in total. The van der Waals surface area contributed by atoms with Crippen molar-refractivity contribution in [2.75, 3.05) is 13.1 Å². The molecule has 3 aliphatic heterocycles. The minimum atomic E-state index is -5.08. The first-order valence-corrected chi connectivity index (χ1v) is 7.70. The van der Waals surface area contributed by atoms with Crippen LogP contribution in [0, 0.1) is 5.92 Å². The van der Waals surface area contributed by atoms with Crippen LogP contribution >= 0.6 is 0 Å². The maximum Gasteiger partial charge on any atom is 0.512 e. The second-order valence-corrected chi connectivity index (χ2v) is 5.94. The maximum atomic E-state index is 12.0. The Morgan fingerprint density at radius 1 is 1.33 bits per heavy atom. The van der Waals surface area contributed by atoms with E-state index in [0.717, 1.165) is 6.42 Å². The lowest BCUT2D eigenvalue weighted by atomic mass is 9.79. The quantitative estimate of drug-likeness (QED) is 0.382. The second-order valence-electron chi connectivity index (χ2n) is 5.94. The lowest BCUT2D eigenvalue weighted by molar-refractivity contribution is -0.192. The van der Waals surface area contributed by atoms with Crippen LogP contribution in [-0.4, -0.2) is 70.4 Å². The molecule has 0 aromatic rings. The molecule has 0 aromatic carbocycles. The van der Waals surface area contributed by atoms with Gasteiger partial charge in [0.25, 0.3) is 0 Å². The summed E-state index contributed by atoms with van der Waals surface area (Å²) in [6.45, 7) is 2.28. The number of aliphatic carboxylic acids is 1. The molecule has 3 aliphatic rings. The predicted molar refractivity (Wildman–Crippen MR) is 79.0 cm³/mol. The van der Waals surface area contributed by atoms with Crippen LogP contribution in [-0.2, 0) is 19.1 Å². The smallest absolute Gasteiger partial charge is 0.475 e. The number of halogens is 3. The number of carbonyl (C=O) groups is 4. The highest BCUT2D eigenvalue weighted by Crippen LogP contribution is 2.46. The first-order valence-electron chi connectivity index (χ1n) is 7.70. The Morgan fingerprint density at radius 2 is 1.93 bits per heavy atom. The zero-order chi connectivity index (χ0) is 20.5. The monoisotopic (exact) mass is 395 g/mol. The van der Waals surface area contributed by atoms with Crippen molar-refractivity contribution in [3.8, 4) is 0 Å². The van der Waals surface area contributed by atoms with Crippen LogP contribution in [0.25, 0.3) is 0 Å². The van der Waals surface area contributed by atoms with Crippen LogP contribution in [0.4, 0.5) is 18.0 Å². The summed E-state index contributed by atoms with van der Waals surface area (Å²) in [4.78, 5) is 44.2. The molecule has 3 heterocycles.